The minimum atomic E-state index is 0.340. The molecule has 0 aromatic heterocycles. The van der Waals surface area contributed by atoms with Crippen LogP contribution in [-0.2, 0) is 0 Å². The van der Waals surface area contributed by atoms with E-state index in [1.54, 1.807) is 0 Å². The van der Waals surface area contributed by atoms with Gasteiger partial charge in [-0.3, -0.25) is 4.90 Å². The summed E-state index contributed by atoms with van der Waals surface area (Å²) in [7, 11) is 0. The van der Waals surface area contributed by atoms with Gasteiger partial charge in [-0.05, 0) is 5.41 Å². The molecule has 3 heteroatoms. The van der Waals surface area contributed by atoms with Gasteiger partial charge in [-0.25, -0.2) is 0 Å². The molecule has 1 aliphatic heterocycles. The van der Waals surface area contributed by atoms with Crippen molar-refractivity contribution in [3.05, 3.63) is 11.1 Å². The number of nitrogens with zero attached hydrogens (tertiary/aromatic N) is 1. The van der Waals surface area contributed by atoms with Crippen LogP contribution in [0.15, 0.2) is 11.1 Å². The Labute approximate surface area is 95.9 Å². The molecule has 1 fully saturated rings. The minimum Gasteiger partial charge on any atom is -0.311 e. The lowest BCUT2D eigenvalue weighted by Crippen LogP contribution is -2.55. The standard InChI is InChI=1S/C11H21BrN2/c1-9(12)7-14-6-5-13-10(8-14)11(2,3)4/h10,13H,1,5-8H2,2-4H3. The first-order valence-electron chi connectivity index (χ1n) is 5.18. The van der Waals surface area contributed by atoms with Gasteiger partial charge in [0.2, 0.25) is 0 Å². The number of rotatable bonds is 2. The maximum Gasteiger partial charge on any atom is 0.0295 e. The second-order valence-electron chi connectivity index (χ2n) is 5.13. The Hall–Kier alpha value is 0.140. The van der Waals surface area contributed by atoms with E-state index in [2.05, 4.69) is 53.5 Å². The zero-order valence-electron chi connectivity index (χ0n) is 9.44. The largest absolute Gasteiger partial charge is 0.311 e. The van der Waals surface area contributed by atoms with Gasteiger partial charge in [-0.2, -0.15) is 0 Å². The van der Waals surface area contributed by atoms with Gasteiger partial charge in [-0.15, -0.1) is 0 Å². The van der Waals surface area contributed by atoms with Gasteiger partial charge in [0.15, 0.2) is 0 Å². The van der Waals surface area contributed by atoms with Gasteiger partial charge in [-0.1, -0.05) is 43.3 Å². The Bertz CT molecular complexity index is 208. The lowest BCUT2D eigenvalue weighted by atomic mass is 9.85. The molecule has 0 saturated carbocycles. The SMILES string of the molecule is C=C(Br)CN1CCNC(C(C)(C)C)C1. The summed E-state index contributed by atoms with van der Waals surface area (Å²) in [5.41, 5.74) is 0.340. The highest BCUT2D eigenvalue weighted by atomic mass is 79.9. The Kier molecular flexibility index (Phi) is 4.16. The Balaban J connectivity index is 2.48. The fraction of sp³-hybridized carbons (Fsp3) is 0.818. The summed E-state index contributed by atoms with van der Waals surface area (Å²) >= 11 is 3.42. The summed E-state index contributed by atoms with van der Waals surface area (Å²) in [6, 6.07) is 0.586. The maximum absolute atomic E-state index is 3.89. The quantitative estimate of drug-likeness (QED) is 0.820. The highest BCUT2D eigenvalue weighted by molar-refractivity contribution is 9.11. The molecule has 1 saturated heterocycles. The van der Waals surface area contributed by atoms with Crippen LogP contribution in [-0.4, -0.2) is 37.1 Å². The van der Waals surface area contributed by atoms with Gasteiger partial charge in [0, 0.05) is 36.7 Å². The van der Waals surface area contributed by atoms with Crippen LogP contribution in [0.4, 0.5) is 0 Å². The first-order valence-corrected chi connectivity index (χ1v) is 5.98. The van der Waals surface area contributed by atoms with Crippen molar-refractivity contribution in [3.8, 4) is 0 Å². The lowest BCUT2D eigenvalue weighted by Gasteiger charge is -2.40. The van der Waals surface area contributed by atoms with Crippen molar-refractivity contribution in [1.29, 1.82) is 0 Å². The molecule has 1 rings (SSSR count). The van der Waals surface area contributed by atoms with E-state index in [0.717, 1.165) is 30.7 Å². The molecule has 1 unspecified atom stereocenters. The van der Waals surface area contributed by atoms with E-state index in [9.17, 15) is 0 Å². The Morgan fingerprint density at radius 3 is 2.71 bits per heavy atom. The van der Waals surface area contributed by atoms with E-state index in [1.807, 2.05) is 0 Å². The molecule has 82 valence electrons. The second-order valence-corrected chi connectivity index (χ2v) is 6.25. The molecule has 1 N–H and O–H groups in total. The number of piperazine rings is 1. The zero-order chi connectivity index (χ0) is 10.8. The highest BCUT2D eigenvalue weighted by Crippen LogP contribution is 2.22. The van der Waals surface area contributed by atoms with Crippen molar-refractivity contribution >= 4 is 15.9 Å². The van der Waals surface area contributed by atoms with Gasteiger partial charge in [0.05, 0.1) is 0 Å². The molecule has 0 aromatic rings. The van der Waals surface area contributed by atoms with Crippen LogP contribution >= 0.6 is 15.9 Å². The third-order valence-electron chi connectivity index (χ3n) is 2.70. The summed E-state index contributed by atoms with van der Waals surface area (Å²) in [6.07, 6.45) is 0. The molecule has 0 bridgehead atoms. The van der Waals surface area contributed by atoms with Crippen molar-refractivity contribution in [2.75, 3.05) is 26.2 Å². The van der Waals surface area contributed by atoms with Crippen LogP contribution in [0.5, 0.6) is 0 Å². The van der Waals surface area contributed by atoms with E-state index in [0.29, 0.717) is 11.5 Å². The van der Waals surface area contributed by atoms with Gasteiger partial charge < -0.3 is 5.32 Å². The maximum atomic E-state index is 3.89. The predicted octanol–water partition coefficient (Wildman–Crippen LogP) is 2.21. The average Bonchev–Trinajstić information content (AvgIpc) is 2.01. The van der Waals surface area contributed by atoms with Gasteiger partial charge >= 0.3 is 0 Å². The molecular weight excluding hydrogens is 240 g/mol. The molecule has 0 aromatic carbocycles. The van der Waals surface area contributed by atoms with E-state index in [-0.39, 0.29) is 0 Å². The second kappa shape index (κ2) is 4.77. The van der Waals surface area contributed by atoms with Crippen LogP contribution in [0.25, 0.3) is 0 Å². The van der Waals surface area contributed by atoms with Crippen LogP contribution in [0.1, 0.15) is 20.8 Å². The van der Waals surface area contributed by atoms with E-state index < -0.39 is 0 Å². The fourth-order valence-corrected chi connectivity index (χ4v) is 2.13. The Morgan fingerprint density at radius 1 is 1.57 bits per heavy atom. The lowest BCUT2D eigenvalue weighted by molar-refractivity contribution is 0.144. The highest BCUT2D eigenvalue weighted by Gasteiger charge is 2.28. The van der Waals surface area contributed by atoms with Crippen molar-refractivity contribution in [2.45, 2.75) is 26.8 Å². The van der Waals surface area contributed by atoms with Gasteiger partial charge in [0.25, 0.3) is 0 Å². The third kappa shape index (κ3) is 3.71. The molecular formula is C11H21BrN2. The Morgan fingerprint density at radius 2 is 2.21 bits per heavy atom. The first kappa shape index (κ1) is 12.2. The normalized spacial score (nSPS) is 25.0. The predicted molar refractivity (Wildman–Crippen MR) is 65.8 cm³/mol. The topological polar surface area (TPSA) is 15.3 Å². The summed E-state index contributed by atoms with van der Waals surface area (Å²) in [5.74, 6) is 0. The van der Waals surface area contributed by atoms with Crippen molar-refractivity contribution in [1.82, 2.24) is 10.2 Å². The van der Waals surface area contributed by atoms with Crippen LogP contribution in [0.2, 0.25) is 0 Å². The van der Waals surface area contributed by atoms with Crippen molar-refractivity contribution < 1.29 is 0 Å². The van der Waals surface area contributed by atoms with E-state index in [1.165, 1.54) is 0 Å². The number of hydrogen-bond acceptors (Lipinski definition) is 2. The summed E-state index contributed by atoms with van der Waals surface area (Å²) in [6.45, 7) is 15.1. The molecule has 0 spiro atoms. The average molecular weight is 261 g/mol. The summed E-state index contributed by atoms with van der Waals surface area (Å²) < 4.78 is 1.08. The molecule has 1 aliphatic rings. The third-order valence-corrected chi connectivity index (χ3v) is 2.95. The number of halogens is 1. The minimum absolute atomic E-state index is 0.340. The molecule has 0 aliphatic carbocycles. The van der Waals surface area contributed by atoms with E-state index >= 15 is 0 Å². The molecule has 0 amide bonds. The summed E-state index contributed by atoms with van der Waals surface area (Å²) in [5, 5.41) is 3.58. The molecule has 0 radical (unpaired) electrons. The van der Waals surface area contributed by atoms with Gasteiger partial charge in [0.1, 0.15) is 0 Å². The summed E-state index contributed by atoms with van der Waals surface area (Å²) in [4.78, 5) is 2.45. The smallest absolute Gasteiger partial charge is 0.0295 e. The molecule has 1 atom stereocenters. The van der Waals surface area contributed by atoms with Crippen LogP contribution in [0, 0.1) is 5.41 Å². The monoisotopic (exact) mass is 260 g/mol. The zero-order valence-corrected chi connectivity index (χ0v) is 11.0. The number of nitrogens with one attached hydrogen (secondary N) is 1. The van der Waals surface area contributed by atoms with Crippen LogP contribution < -0.4 is 5.32 Å². The molecule has 14 heavy (non-hydrogen) atoms. The van der Waals surface area contributed by atoms with Crippen molar-refractivity contribution in [3.63, 3.8) is 0 Å². The van der Waals surface area contributed by atoms with Crippen molar-refractivity contribution in [2.24, 2.45) is 5.41 Å². The van der Waals surface area contributed by atoms with E-state index in [4.69, 9.17) is 0 Å². The number of hydrogen-bond donors (Lipinski definition) is 1. The molecule has 2 nitrogen and oxygen atoms in total. The first-order chi connectivity index (χ1) is 6.39. The fourth-order valence-electron chi connectivity index (χ4n) is 1.78. The van der Waals surface area contributed by atoms with Crippen LogP contribution in [0.3, 0.4) is 0 Å². The molecule has 1 heterocycles.